The van der Waals surface area contributed by atoms with Gasteiger partial charge in [0.2, 0.25) is 5.95 Å². The third kappa shape index (κ3) is 4.75. The van der Waals surface area contributed by atoms with Crippen LogP contribution in [0.15, 0.2) is 30.5 Å². The van der Waals surface area contributed by atoms with Crippen LogP contribution in [0.2, 0.25) is 0 Å². The number of nitrogens with two attached hydrogens (primary N) is 1. The lowest BCUT2D eigenvalue weighted by Gasteiger charge is -2.18. The van der Waals surface area contributed by atoms with Crippen LogP contribution in [-0.2, 0) is 10.7 Å². The molecule has 1 aromatic heterocycles. The minimum absolute atomic E-state index is 0.0477. The molecule has 0 spiro atoms. The van der Waals surface area contributed by atoms with Crippen molar-refractivity contribution in [2.75, 3.05) is 23.4 Å². The standard InChI is InChI=1S/C17H22F3N4OP/c1-3-8-26(25,9-4-2)13-7-5-6-12(10-13)23-16-22-11-14(15(21)24-16)17(18,19)20/h5-7,10-11H,3-4,8-9H2,1-2H3,(H3,21,22,23,24). The average Bonchev–Trinajstić information content (AvgIpc) is 2.54. The molecule has 0 amide bonds. The number of nitrogens with one attached hydrogen (secondary N) is 1. The van der Waals surface area contributed by atoms with Crippen LogP contribution in [-0.4, -0.2) is 22.3 Å². The highest BCUT2D eigenvalue weighted by molar-refractivity contribution is 7.71. The fourth-order valence-corrected chi connectivity index (χ4v) is 5.65. The molecular weight excluding hydrogens is 364 g/mol. The first-order chi connectivity index (χ1) is 12.2. The fourth-order valence-electron chi connectivity index (χ4n) is 2.73. The summed E-state index contributed by atoms with van der Waals surface area (Å²) in [6, 6.07) is 7.02. The molecule has 0 aliphatic carbocycles. The van der Waals surface area contributed by atoms with Crippen LogP contribution in [0.3, 0.4) is 0 Å². The molecule has 0 unspecified atom stereocenters. The van der Waals surface area contributed by atoms with Gasteiger partial charge in [0.1, 0.15) is 18.5 Å². The van der Waals surface area contributed by atoms with E-state index in [0.29, 0.717) is 24.2 Å². The third-order valence-corrected chi connectivity index (χ3v) is 7.42. The minimum Gasteiger partial charge on any atom is -0.383 e. The largest absolute Gasteiger partial charge is 0.421 e. The third-order valence-electron chi connectivity index (χ3n) is 3.87. The molecule has 0 fully saturated rings. The highest BCUT2D eigenvalue weighted by atomic mass is 31.2. The summed E-state index contributed by atoms with van der Waals surface area (Å²) in [6.45, 7) is 3.98. The number of alkyl halides is 3. The Labute approximate surface area is 150 Å². The van der Waals surface area contributed by atoms with E-state index in [4.69, 9.17) is 5.73 Å². The molecule has 3 N–H and O–H groups in total. The summed E-state index contributed by atoms with van der Waals surface area (Å²) in [5.74, 6) is -0.692. The zero-order valence-electron chi connectivity index (χ0n) is 14.7. The van der Waals surface area contributed by atoms with Gasteiger partial charge in [0.15, 0.2) is 0 Å². The van der Waals surface area contributed by atoms with E-state index >= 15 is 0 Å². The molecule has 0 aliphatic rings. The Bertz CT molecular complexity index is 801. The molecule has 26 heavy (non-hydrogen) atoms. The summed E-state index contributed by atoms with van der Waals surface area (Å²) < 4.78 is 51.4. The van der Waals surface area contributed by atoms with E-state index in [1.165, 1.54) is 0 Å². The fraction of sp³-hybridized carbons (Fsp3) is 0.412. The van der Waals surface area contributed by atoms with Crippen molar-refractivity contribution in [2.24, 2.45) is 0 Å². The SMILES string of the molecule is CCCP(=O)(CCC)c1cccc(Nc2ncc(C(F)(F)F)c(N)n2)c1. The summed E-state index contributed by atoms with van der Waals surface area (Å²) >= 11 is 0. The monoisotopic (exact) mass is 386 g/mol. The van der Waals surface area contributed by atoms with Crippen LogP contribution in [0.5, 0.6) is 0 Å². The molecule has 0 atom stereocenters. The van der Waals surface area contributed by atoms with Gasteiger partial charge in [-0.1, -0.05) is 26.0 Å². The lowest BCUT2D eigenvalue weighted by atomic mass is 10.3. The predicted octanol–water partition coefficient (Wildman–Crippen LogP) is 4.63. The maximum absolute atomic E-state index is 13.2. The molecule has 0 bridgehead atoms. The lowest BCUT2D eigenvalue weighted by Crippen LogP contribution is -2.13. The maximum atomic E-state index is 13.2. The zero-order valence-corrected chi connectivity index (χ0v) is 15.6. The van der Waals surface area contributed by atoms with Crippen LogP contribution in [0.1, 0.15) is 32.3 Å². The molecule has 142 valence electrons. The second-order valence-electron chi connectivity index (χ2n) is 6.00. The molecule has 1 heterocycles. The second-order valence-corrected chi connectivity index (χ2v) is 9.19. The summed E-state index contributed by atoms with van der Waals surface area (Å²) in [7, 11) is -2.50. The number of hydrogen-bond acceptors (Lipinski definition) is 5. The number of nitrogens with zero attached hydrogens (tertiary/aromatic N) is 2. The van der Waals surface area contributed by atoms with Gasteiger partial charge in [-0.3, -0.25) is 0 Å². The highest BCUT2D eigenvalue weighted by Crippen LogP contribution is 2.46. The van der Waals surface area contributed by atoms with Crippen LogP contribution in [0.4, 0.5) is 30.6 Å². The van der Waals surface area contributed by atoms with Crippen molar-refractivity contribution in [3.8, 4) is 0 Å². The Kier molecular flexibility index (Phi) is 6.29. The number of nitrogen functional groups attached to an aromatic ring is 1. The van der Waals surface area contributed by atoms with E-state index in [-0.39, 0.29) is 5.95 Å². The first kappa shape index (κ1) is 20.2. The molecule has 9 heteroatoms. The lowest BCUT2D eigenvalue weighted by molar-refractivity contribution is -0.137. The zero-order chi connectivity index (χ0) is 19.4. The molecule has 0 aliphatic heterocycles. The van der Waals surface area contributed by atoms with Crippen molar-refractivity contribution in [1.82, 2.24) is 9.97 Å². The van der Waals surface area contributed by atoms with Crippen LogP contribution >= 0.6 is 7.14 Å². The molecule has 0 radical (unpaired) electrons. The van der Waals surface area contributed by atoms with Gasteiger partial charge in [-0.15, -0.1) is 0 Å². The van der Waals surface area contributed by atoms with Crippen molar-refractivity contribution < 1.29 is 17.7 Å². The quantitative estimate of drug-likeness (QED) is 0.678. The van der Waals surface area contributed by atoms with Gasteiger partial charge < -0.3 is 15.6 Å². The molecule has 1 aromatic carbocycles. The summed E-state index contributed by atoms with van der Waals surface area (Å²) in [6.07, 6.45) is -1.09. The van der Waals surface area contributed by atoms with Crippen molar-refractivity contribution in [1.29, 1.82) is 0 Å². The van der Waals surface area contributed by atoms with Gasteiger partial charge >= 0.3 is 6.18 Å². The van der Waals surface area contributed by atoms with Gasteiger partial charge in [-0.2, -0.15) is 18.2 Å². The van der Waals surface area contributed by atoms with E-state index in [0.717, 1.165) is 18.1 Å². The Morgan fingerprint density at radius 1 is 1.19 bits per heavy atom. The summed E-state index contributed by atoms with van der Waals surface area (Å²) in [5, 5.41) is 3.57. The first-order valence-corrected chi connectivity index (χ1v) is 10.4. The van der Waals surface area contributed by atoms with Gasteiger partial charge in [0, 0.05) is 29.5 Å². The van der Waals surface area contributed by atoms with Crippen molar-refractivity contribution in [3.05, 3.63) is 36.0 Å². The Balaban J connectivity index is 2.29. The van der Waals surface area contributed by atoms with Gasteiger partial charge in [0.05, 0.1) is 0 Å². The van der Waals surface area contributed by atoms with E-state index in [9.17, 15) is 17.7 Å². The Morgan fingerprint density at radius 2 is 1.85 bits per heavy atom. The van der Waals surface area contributed by atoms with Crippen LogP contribution in [0, 0.1) is 0 Å². The topological polar surface area (TPSA) is 80.9 Å². The maximum Gasteiger partial charge on any atom is 0.421 e. The normalized spacial score (nSPS) is 12.2. The molecule has 2 aromatic rings. The Morgan fingerprint density at radius 3 is 2.38 bits per heavy atom. The number of anilines is 3. The molecule has 0 saturated heterocycles. The van der Waals surface area contributed by atoms with Crippen LogP contribution in [0.25, 0.3) is 0 Å². The molecule has 0 saturated carbocycles. The number of benzene rings is 1. The smallest absolute Gasteiger partial charge is 0.383 e. The van der Waals surface area contributed by atoms with Crippen molar-refractivity contribution in [3.63, 3.8) is 0 Å². The van der Waals surface area contributed by atoms with Gasteiger partial charge in [-0.25, -0.2) is 4.98 Å². The number of aromatic nitrogens is 2. The highest BCUT2D eigenvalue weighted by Gasteiger charge is 2.34. The van der Waals surface area contributed by atoms with E-state index in [2.05, 4.69) is 15.3 Å². The Hall–Kier alpha value is -2.08. The van der Waals surface area contributed by atoms with Crippen molar-refractivity contribution in [2.45, 2.75) is 32.9 Å². The molecule has 5 nitrogen and oxygen atoms in total. The second kappa shape index (κ2) is 8.08. The number of hydrogen-bond donors (Lipinski definition) is 2. The number of rotatable bonds is 7. The summed E-state index contributed by atoms with van der Waals surface area (Å²) in [5.41, 5.74) is 4.86. The van der Waals surface area contributed by atoms with E-state index in [1.54, 1.807) is 18.2 Å². The van der Waals surface area contributed by atoms with E-state index in [1.807, 2.05) is 19.9 Å². The predicted molar refractivity (Wildman–Crippen MR) is 98.7 cm³/mol. The molecular formula is C17H22F3N4OP. The average molecular weight is 386 g/mol. The van der Waals surface area contributed by atoms with Crippen molar-refractivity contribution >= 4 is 29.9 Å². The minimum atomic E-state index is -4.60. The van der Waals surface area contributed by atoms with Crippen LogP contribution < -0.4 is 16.4 Å². The van der Waals surface area contributed by atoms with Gasteiger partial charge in [-0.05, 0) is 25.0 Å². The first-order valence-electron chi connectivity index (χ1n) is 8.35. The van der Waals surface area contributed by atoms with E-state index < -0.39 is 24.7 Å². The summed E-state index contributed by atoms with van der Waals surface area (Å²) in [4.78, 5) is 7.34. The van der Waals surface area contributed by atoms with Gasteiger partial charge in [0.25, 0.3) is 0 Å². The molecule has 2 rings (SSSR count). The number of halogens is 3.